The lowest BCUT2D eigenvalue weighted by molar-refractivity contribution is 0.412. The lowest BCUT2D eigenvalue weighted by atomic mass is 9.99. The van der Waals surface area contributed by atoms with Crippen LogP contribution in [0.4, 0.5) is 0 Å². The third-order valence-corrected chi connectivity index (χ3v) is 4.90. The van der Waals surface area contributed by atoms with Crippen molar-refractivity contribution in [1.29, 1.82) is 0 Å². The molecule has 2 rings (SSSR count). The summed E-state index contributed by atoms with van der Waals surface area (Å²) in [5, 5.41) is 4.09. The second-order valence-corrected chi connectivity index (χ2v) is 6.73. The number of halogens is 3. The molecule has 20 heavy (non-hydrogen) atoms. The molecule has 1 unspecified atom stereocenters. The van der Waals surface area contributed by atoms with Crippen molar-refractivity contribution in [1.82, 2.24) is 5.32 Å². The van der Waals surface area contributed by atoms with Gasteiger partial charge in [0.15, 0.2) is 0 Å². The number of hydrogen-bond donors (Lipinski definition) is 1. The highest BCUT2D eigenvalue weighted by molar-refractivity contribution is 14.1. The second-order valence-electron chi connectivity index (χ2n) is 4.28. The molecule has 0 amide bonds. The van der Waals surface area contributed by atoms with Crippen LogP contribution in [0.2, 0.25) is 5.02 Å². The van der Waals surface area contributed by atoms with E-state index in [-0.39, 0.29) is 6.04 Å². The molecule has 0 heterocycles. The zero-order valence-corrected chi connectivity index (χ0v) is 15.6. The van der Waals surface area contributed by atoms with Gasteiger partial charge in [0.2, 0.25) is 0 Å². The molecule has 5 heteroatoms. The van der Waals surface area contributed by atoms with Crippen LogP contribution in [0, 0.1) is 3.57 Å². The van der Waals surface area contributed by atoms with Crippen molar-refractivity contribution in [2.45, 2.75) is 6.04 Å². The Kier molecular flexibility index (Phi) is 5.72. The Morgan fingerprint density at radius 1 is 1.25 bits per heavy atom. The summed E-state index contributed by atoms with van der Waals surface area (Å²) < 4.78 is 7.39. The summed E-state index contributed by atoms with van der Waals surface area (Å²) in [6.07, 6.45) is 0. The van der Waals surface area contributed by atoms with Crippen LogP contribution >= 0.6 is 50.1 Å². The summed E-state index contributed by atoms with van der Waals surface area (Å²) in [6, 6.07) is 12.1. The molecule has 2 aromatic carbocycles. The van der Waals surface area contributed by atoms with Crippen molar-refractivity contribution in [3.63, 3.8) is 0 Å². The minimum atomic E-state index is 0.0859. The standard InChI is InChI=1S/C15H14BrClINO/c1-19-15(11-8-10(17)4-5-13(11)18)9-3-6-14(20-2)12(16)7-9/h3-8,15,19H,1-2H3. The van der Waals surface area contributed by atoms with Gasteiger partial charge in [0, 0.05) is 8.59 Å². The SMILES string of the molecule is CNC(c1ccc(OC)c(Br)c1)c1cc(Cl)ccc1I. The van der Waals surface area contributed by atoms with Crippen LogP contribution < -0.4 is 10.1 Å². The van der Waals surface area contributed by atoms with Gasteiger partial charge in [0.05, 0.1) is 17.6 Å². The van der Waals surface area contributed by atoms with E-state index in [0.717, 1.165) is 26.4 Å². The maximum absolute atomic E-state index is 6.12. The zero-order chi connectivity index (χ0) is 14.7. The van der Waals surface area contributed by atoms with Crippen LogP contribution in [0.25, 0.3) is 0 Å². The van der Waals surface area contributed by atoms with Gasteiger partial charge in [-0.1, -0.05) is 17.7 Å². The van der Waals surface area contributed by atoms with Crippen molar-refractivity contribution in [2.24, 2.45) is 0 Å². The van der Waals surface area contributed by atoms with Crippen LogP contribution in [0.1, 0.15) is 17.2 Å². The second kappa shape index (κ2) is 7.11. The summed E-state index contributed by atoms with van der Waals surface area (Å²) in [6.45, 7) is 0. The van der Waals surface area contributed by atoms with E-state index in [2.05, 4.69) is 56.0 Å². The molecule has 0 saturated heterocycles. The van der Waals surface area contributed by atoms with Crippen LogP contribution in [0.3, 0.4) is 0 Å². The number of nitrogens with one attached hydrogen (secondary N) is 1. The molecule has 0 radical (unpaired) electrons. The summed E-state index contributed by atoms with van der Waals surface area (Å²) in [5.41, 5.74) is 2.32. The molecule has 1 N–H and O–H groups in total. The molecule has 0 bridgehead atoms. The number of ether oxygens (including phenoxy) is 1. The minimum absolute atomic E-state index is 0.0859. The number of rotatable bonds is 4. The smallest absolute Gasteiger partial charge is 0.133 e. The molecule has 0 aliphatic heterocycles. The quantitative estimate of drug-likeness (QED) is 0.639. The van der Waals surface area contributed by atoms with Gasteiger partial charge in [0.1, 0.15) is 5.75 Å². The Hall–Kier alpha value is -0.300. The molecule has 0 aromatic heterocycles. The van der Waals surface area contributed by atoms with Crippen LogP contribution in [0.15, 0.2) is 40.9 Å². The fourth-order valence-electron chi connectivity index (χ4n) is 2.10. The van der Waals surface area contributed by atoms with Crippen molar-refractivity contribution < 1.29 is 4.74 Å². The number of benzene rings is 2. The third-order valence-electron chi connectivity index (χ3n) is 3.07. The molecular weight excluding hydrogens is 452 g/mol. The molecule has 2 aromatic rings. The summed E-state index contributed by atoms with van der Waals surface area (Å²) in [4.78, 5) is 0. The van der Waals surface area contributed by atoms with Gasteiger partial charge in [-0.2, -0.15) is 0 Å². The molecule has 106 valence electrons. The predicted molar refractivity (Wildman–Crippen MR) is 95.8 cm³/mol. The maximum Gasteiger partial charge on any atom is 0.133 e. The third kappa shape index (κ3) is 3.47. The molecule has 0 fully saturated rings. The van der Waals surface area contributed by atoms with E-state index in [1.807, 2.05) is 31.3 Å². The summed E-state index contributed by atoms with van der Waals surface area (Å²) >= 11 is 12.0. The average Bonchev–Trinajstić information content (AvgIpc) is 2.44. The molecule has 0 aliphatic carbocycles. The normalized spacial score (nSPS) is 12.2. The van der Waals surface area contributed by atoms with E-state index in [1.54, 1.807) is 7.11 Å². The Bertz CT molecular complexity index is 621. The lowest BCUT2D eigenvalue weighted by Gasteiger charge is -2.20. The molecule has 1 atom stereocenters. The molecule has 0 saturated carbocycles. The molecule has 0 spiro atoms. The van der Waals surface area contributed by atoms with Gasteiger partial charge in [-0.15, -0.1) is 0 Å². The van der Waals surface area contributed by atoms with Gasteiger partial charge >= 0.3 is 0 Å². The first-order valence-corrected chi connectivity index (χ1v) is 8.27. The van der Waals surface area contributed by atoms with E-state index in [1.165, 1.54) is 3.57 Å². The first-order chi connectivity index (χ1) is 9.56. The Morgan fingerprint density at radius 2 is 2.00 bits per heavy atom. The van der Waals surface area contributed by atoms with Crippen molar-refractivity contribution in [2.75, 3.05) is 14.2 Å². The van der Waals surface area contributed by atoms with E-state index < -0.39 is 0 Å². The fourth-order valence-corrected chi connectivity index (χ4v) is 3.49. The van der Waals surface area contributed by atoms with Crippen LogP contribution in [0.5, 0.6) is 5.75 Å². The summed E-state index contributed by atoms with van der Waals surface area (Å²) in [5.74, 6) is 0.824. The predicted octanol–water partition coefficient (Wildman–Crippen LogP) is 5.02. The molecule has 0 aliphatic rings. The highest BCUT2D eigenvalue weighted by atomic mass is 127. The highest BCUT2D eigenvalue weighted by Gasteiger charge is 2.16. The topological polar surface area (TPSA) is 21.3 Å². The van der Waals surface area contributed by atoms with E-state index in [0.29, 0.717) is 0 Å². The zero-order valence-electron chi connectivity index (χ0n) is 11.1. The first kappa shape index (κ1) is 16.1. The maximum atomic E-state index is 6.12. The monoisotopic (exact) mass is 465 g/mol. The average molecular weight is 467 g/mol. The van der Waals surface area contributed by atoms with Crippen molar-refractivity contribution in [3.05, 3.63) is 60.6 Å². The number of hydrogen-bond acceptors (Lipinski definition) is 2. The van der Waals surface area contributed by atoms with Crippen molar-refractivity contribution in [3.8, 4) is 5.75 Å². The molecular formula is C15H14BrClINO. The Balaban J connectivity index is 2.46. The van der Waals surface area contributed by atoms with E-state index in [9.17, 15) is 0 Å². The summed E-state index contributed by atoms with van der Waals surface area (Å²) in [7, 11) is 3.61. The largest absolute Gasteiger partial charge is 0.496 e. The van der Waals surface area contributed by atoms with E-state index in [4.69, 9.17) is 16.3 Å². The molecule has 2 nitrogen and oxygen atoms in total. The van der Waals surface area contributed by atoms with Gasteiger partial charge in [-0.25, -0.2) is 0 Å². The van der Waals surface area contributed by atoms with Gasteiger partial charge < -0.3 is 10.1 Å². The van der Waals surface area contributed by atoms with E-state index >= 15 is 0 Å². The van der Waals surface area contributed by atoms with Crippen molar-refractivity contribution >= 4 is 50.1 Å². The lowest BCUT2D eigenvalue weighted by Crippen LogP contribution is -2.18. The fraction of sp³-hybridized carbons (Fsp3) is 0.200. The minimum Gasteiger partial charge on any atom is -0.496 e. The van der Waals surface area contributed by atoms with Crippen LogP contribution in [-0.2, 0) is 0 Å². The highest BCUT2D eigenvalue weighted by Crippen LogP contribution is 2.33. The number of methoxy groups -OCH3 is 1. The van der Waals surface area contributed by atoms with Gasteiger partial charge in [0.25, 0.3) is 0 Å². The Labute approximate surface area is 146 Å². The first-order valence-electron chi connectivity index (χ1n) is 6.02. The van der Waals surface area contributed by atoms with Crippen LogP contribution in [-0.4, -0.2) is 14.2 Å². The Morgan fingerprint density at radius 3 is 2.60 bits per heavy atom. The van der Waals surface area contributed by atoms with Gasteiger partial charge in [-0.3, -0.25) is 0 Å². The van der Waals surface area contributed by atoms with Gasteiger partial charge in [-0.05, 0) is 87.0 Å².